The third-order valence-electron chi connectivity index (χ3n) is 3.04. The van der Waals surface area contributed by atoms with E-state index < -0.39 is 11.7 Å². The van der Waals surface area contributed by atoms with Gasteiger partial charge in [0.1, 0.15) is 5.60 Å². The van der Waals surface area contributed by atoms with Crippen molar-refractivity contribution in [1.29, 1.82) is 0 Å². The van der Waals surface area contributed by atoms with E-state index in [-0.39, 0.29) is 17.7 Å². The number of hydrogen-bond acceptors (Lipinski definition) is 5. The molecule has 1 aromatic heterocycles. The van der Waals surface area contributed by atoms with Crippen molar-refractivity contribution in [1.82, 2.24) is 15.2 Å². The molecule has 0 aliphatic heterocycles. The highest BCUT2D eigenvalue weighted by Gasteiger charge is 2.20. The molecule has 0 unspecified atom stereocenters. The predicted octanol–water partition coefficient (Wildman–Crippen LogP) is 3.31. The van der Waals surface area contributed by atoms with Crippen LogP contribution in [0.1, 0.15) is 58.7 Å². The lowest BCUT2D eigenvalue weighted by Crippen LogP contribution is -2.36. The lowest BCUT2D eigenvalue weighted by molar-refractivity contribution is -0.121. The van der Waals surface area contributed by atoms with E-state index in [1.54, 1.807) is 18.4 Å². The molecule has 0 radical (unpaired) electrons. The Kier molecular flexibility index (Phi) is 6.77. The van der Waals surface area contributed by atoms with Gasteiger partial charge in [-0.1, -0.05) is 20.8 Å². The fraction of sp³-hybridized carbons (Fsp3) is 0.706. The van der Waals surface area contributed by atoms with Gasteiger partial charge in [-0.05, 0) is 20.8 Å². The second-order valence-corrected chi connectivity index (χ2v) is 8.68. The molecule has 1 N–H and O–H groups in total. The van der Waals surface area contributed by atoms with E-state index in [1.165, 1.54) is 4.90 Å². The fourth-order valence-corrected chi connectivity index (χ4v) is 2.62. The lowest BCUT2D eigenvalue weighted by atomic mass is 9.98. The number of ether oxygens (including phenoxy) is 1. The van der Waals surface area contributed by atoms with E-state index in [1.807, 2.05) is 26.2 Å². The fourth-order valence-electron chi connectivity index (χ4n) is 1.71. The zero-order chi connectivity index (χ0) is 18.5. The van der Waals surface area contributed by atoms with Crippen molar-refractivity contribution >= 4 is 23.3 Å². The molecule has 0 fully saturated rings. The molecule has 1 rings (SSSR count). The summed E-state index contributed by atoms with van der Waals surface area (Å²) >= 11 is 1.60. The van der Waals surface area contributed by atoms with E-state index in [0.717, 1.165) is 10.7 Å². The van der Waals surface area contributed by atoms with Crippen LogP contribution in [0.15, 0.2) is 5.38 Å². The van der Waals surface area contributed by atoms with E-state index >= 15 is 0 Å². The number of hydrogen-bond donors (Lipinski definition) is 1. The van der Waals surface area contributed by atoms with Crippen molar-refractivity contribution in [2.24, 2.45) is 0 Å². The van der Waals surface area contributed by atoms with Crippen LogP contribution < -0.4 is 5.32 Å². The first kappa shape index (κ1) is 20.4. The second-order valence-electron chi connectivity index (χ2n) is 7.82. The van der Waals surface area contributed by atoms with Gasteiger partial charge in [0.15, 0.2) is 0 Å². The number of rotatable bonds is 5. The number of thiazole rings is 1. The number of nitrogens with zero attached hydrogens (tertiary/aromatic N) is 2. The average Bonchev–Trinajstić information content (AvgIpc) is 2.89. The molecule has 0 aromatic carbocycles. The van der Waals surface area contributed by atoms with Gasteiger partial charge in [0.25, 0.3) is 0 Å². The predicted molar refractivity (Wildman–Crippen MR) is 96.1 cm³/mol. The molecule has 6 nitrogen and oxygen atoms in total. The van der Waals surface area contributed by atoms with Crippen molar-refractivity contribution in [3.63, 3.8) is 0 Å². The van der Waals surface area contributed by atoms with Gasteiger partial charge in [0.05, 0.1) is 17.2 Å². The summed E-state index contributed by atoms with van der Waals surface area (Å²) in [5.41, 5.74) is 0.338. The summed E-state index contributed by atoms with van der Waals surface area (Å²) < 4.78 is 5.24. The zero-order valence-electron chi connectivity index (χ0n) is 15.7. The zero-order valence-corrected chi connectivity index (χ0v) is 16.5. The first-order chi connectivity index (χ1) is 10.9. The SMILES string of the molecule is CN(CCC(=O)NCc1csc(C(C)(C)C)n1)C(=O)OC(C)(C)C. The summed E-state index contributed by atoms with van der Waals surface area (Å²) in [6.07, 6.45) is -0.198. The first-order valence-corrected chi connectivity index (χ1v) is 8.92. The smallest absolute Gasteiger partial charge is 0.410 e. The molecular weight excluding hydrogens is 326 g/mol. The van der Waals surface area contributed by atoms with Gasteiger partial charge < -0.3 is 15.0 Å². The van der Waals surface area contributed by atoms with Gasteiger partial charge in [-0.3, -0.25) is 4.79 Å². The van der Waals surface area contributed by atoms with Crippen molar-refractivity contribution in [2.75, 3.05) is 13.6 Å². The molecule has 0 spiro atoms. The highest BCUT2D eigenvalue weighted by Crippen LogP contribution is 2.25. The van der Waals surface area contributed by atoms with E-state index in [9.17, 15) is 9.59 Å². The molecule has 0 aliphatic carbocycles. The Hall–Kier alpha value is -1.63. The number of carbonyl (C=O) groups excluding carboxylic acids is 2. The minimum Gasteiger partial charge on any atom is -0.444 e. The molecule has 7 heteroatoms. The van der Waals surface area contributed by atoms with Crippen LogP contribution >= 0.6 is 11.3 Å². The van der Waals surface area contributed by atoms with Crippen LogP contribution in [0.4, 0.5) is 4.79 Å². The van der Waals surface area contributed by atoms with Crippen molar-refractivity contribution in [3.05, 3.63) is 16.1 Å². The van der Waals surface area contributed by atoms with Gasteiger partial charge in [-0.15, -0.1) is 11.3 Å². The largest absolute Gasteiger partial charge is 0.444 e. The Morgan fingerprint density at radius 2 is 1.88 bits per heavy atom. The van der Waals surface area contributed by atoms with Crippen LogP contribution in [-0.2, 0) is 21.5 Å². The Balaban J connectivity index is 2.36. The van der Waals surface area contributed by atoms with Crippen molar-refractivity contribution in [3.8, 4) is 0 Å². The molecule has 24 heavy (non-hydrogen) atoms. The van der Waals surface area contributed by atoms with Crippen LogP contribution in [0.5, 0.6) is 0 Å². The average molecular weight is 356 g/mol. The molecule has 0 aliphatic rings. The van der Waals surface area contributed by atoms with Gasteiger partial charge in [-0.25, -0.2) is 9.78 Å². The van der Waals surface area contributed by atoms with Crippen molar-refractivity contribution < 1.29 is 14.3 Å². The number of amides is 2. The van der Waals surface area contributed by atoms with Crippen LogP contribution in [0.3, 0.4) is 0 Å². The number of nitrogens with one attached hydrogen (secondary N) is 1. The van der Waals surface area contributed by atoms with E-state index in [0.29, 0.717) is 13.1 Å². The van der Waals surface area contributed by atoms with E-state index in [4.69, 9.17) is 4.74 Å². The van der Waals surface area contributed by atoms with Crippen molar-refractivity contribution in [2.45, 2.75) is 65.5 Å². The monoisotopic (exact) mass is 355 g/mol. The molecule has 0 bridgehead atoms. The van der Waals surface area contributed by atoms with Gasteiger partial charge in [0, 0.05) is 30.8 Å². The molecule has 0 saturated carbocycles. The molecule has 0 saturated heterocycles. The second kappa shape index (κ2) is 7.96. The summed E-state index contributed by atoms with van der Waals surface area (Å²) in [5, 5.41) is 5.85. The quantitative estimate of drug-likeness (QED) is 0.879. The first-order valence-electron chi connectivity index (χ1n) is 8.04. The standard InChI is InChI=1S/C17H29N3O3S/c1-16(2,3)14-19-12(11-24-14)10-18-13(21)8-9-20(7)15(22)23-17(4,5)6/h11H,8-10H2,1-7H3,(H,18,21). The number of aromatic nitrogens is 1. The minimum atomic E-state index is -0.539. The molecule has 0 atom stereocenters. The van der Waals surface area contributed by atoms with Crippen LogP contribution in [0, 0.1) is 0 Å². The Morgan fingerprint density at radius 1 is 1.25 bits per heavy atom. The van der Waals surface area contributed by atoms with Crippen LogP contribution in [0.25, 0.3) is 0 Å². The molecular formula is C17H29N3O3S. The molecule has 136 valence electrons. The third kappa shape index (κ3) is 7.29. The maximum Gasteiger partial charge on any atom is 0.410 e. The van der Waals surface area contributed by atoms with Crippen LogP contribution in [-0.4, -0.2) is 41.1 Å². The van der Waals surface area contributed by atoms with Gasteiger partial charge >= 0.3 is 6.09 Å². The minimum absolute atomic E-state index is 0.0169. The summed E-state index contributed by atoms with van der Waals surface area (Å²) in [6.45, 7) is 12.5. The summed E-state index contributed by atoms with van der Waals surface area (Å²) in [6, 6.07) is 0. The Bertz CT molecular complexity index is 570. The summed E-state index contributed by atoms with van der Waals surface area (Å²) in [5.74, 6) is -0.115. The molecule has 1 heterocycles. The topological polar surface area (TPSA) is 71.5 Å². The normalized spacial score (nSPS) is 12.0. The molecule has 1 aromatic rings. The molecule has 2 amide bonds. The van der Waals surface area contributed by atoms with Gasteiger partial charge in [0.2, 0.25) is 5.91 Å². The Labute approximate surface area is 148 Å². The maximum absolute atomic E-state index is 11.9. The maximum atomic E-state index is 11.9. The highest BCUT2D eigenvalue weighted by molar-refractivity contribution is 7.09. The Morgan fingerprint density at radius 3 is 2.38 bits per heavy atom. The highest BCUT2D eigenvalue weighted by atomic mass is 32.1. The summed E-state index contributed by atoms with van der Waals surface area (Å²) in [7, 11) is 1.62. The summed E-state index contributed by atoms with van der Waals surface area (Å²) in [4.78, 5) is 29.7. The van der Waals surface area contributed by atoms with E-state index in [2.05, 4.69) is 31.1 Å². The van der Waals surface area contributed by atoms with Crippen LogP contribution in [0.2, 0.25) is 0 Å². The van der Waals surface area contributed by atoms with Gasteiger partial charge in [-0.2, -0.15) is 0 Å². The third-order valence-corrected chi connectivity index (χ3v) is 4.36. The lowest BCUT2D eigenvalue weighted by Gasteiger charge is -2.24. The number of carbonyl (C=O) groups is 2.